The van der Waals surface area contributed by atoms with E-state index in [1.807, 2.05) is 37.3 Å². The highest BCUT2D eigenvalue weighted by atomic mass is 15.1. The summed E-state index contributed by atoms with van der Waals surface area (Å²) in [4.78, 5) is 4.46. The molecule has 0 aliphatic carbocycles. The fourth-order valence-corrected chi connectivity index (χ4v) is 1.81. The molecule has 16 heavy (non-hydrogen) atoms. The van der Waals surface area contributed by atoms with Gasteiger partial charge in [0.15, 0.2) is 0 Å². The summed E-state index contributed by atoms with van der Waals surface area (Å²) in [5.41, 5.74) is 7.68. The Bertz CT molecular complexity index is 535. The van der Waals surface area contributed by atoms with Crippen LogP contribution in [0.2, 0.25) is 0 Å². The zero-order valence-electron chi connectivity index (χ0n) is 9.22. The Labute approximate surface area is 94.3 Å². The molecule has 82 valence electrons. The summed E-state index contributed by atoms with van der Waals surface area (Å²) in [6, 6.07) is 9.62. The van der Waals surface area contributed by atoms with Crippen LogP contribution in [0.1, 0.15) is 12.2 Å². The van der Waals surface area contributed by atoms with E-state index in [2.05, 4.69) is 9.55 Å². The van der Waals surface area contributed by atoms with Gasteiger partial charge >= 0.3 is 0 Å². The Morgan fingerprint density at radius 2 is 2.25 bits per heavy atom. The molecule has 2 rings (SSSR count). The van der Waals surface area contributed by atoms with E-state index in [-0.39, 0.29) is 0 Å². The first kappa shape index (κ1) is 10.7. The van der Waals surface area contributed by atoms with Gasteiger partial charge in [0, 0.05) is 6.54 Å². The topological polar surface area (TPSA) is 67.6 Å². The number of nitrogens with two attached hydrogens (primary N) is 1. The average Bonchev–Trinajstić information content (AvgIpc) is 2.62. The van der Waals surface area contributed by atoms with Crippen molar-refractivity contribution < 1.29 is 0 Å². The Kier molecular flexibility index (Phi) is 2.88. The van der Waals surface area contributed by atoms with Crippen molar-refractivity contribution in [3.63, 3.8) is 0 Å². The minimum absolute atomic E-state index is 0.402. The van der Waals surface area contributed by atoms with Crippen molar-refractivity contribution in [1.29, 1.82) is 5.26 Å². The van der Waals surface area contributed by atoms with Crippen LogP contribution in [-0.4, -0.2) is 15.6 Å². The normalized spacial score (nSPS) is 12.6. The number of aryl methyl sites for hydroxylation is 2. The van der Waals surface area contributed by atoms with E-state index in [9.17, 15) is 0 Å². The molecule has 1 atom stereocenters. The number of imidazole rings is 1. The van der Waals surface area contributed by atoms with Crippen molar-refractivity contribution in [2.45, 2.75) is 25.9 Å². The third-order valence-corrected chi connectivity index (χ3v) is 2.67. The van der Waals surface area contributed by atoms with Crippen molar-refractivity contribution in [1.82, 2.24) is 9.55 Å². The number of hydrogen-bond acceptors (Lipinski definition) is 3. The van der Waals surface area contributed by atoms with Gasteiger partial charge in [-0.3, -0.25) is 0 Å². The first-order chi connectivity index (χ1) is 7.72. The molecule has 0 aliphatic heterocycles. The SMILES string of the molecule is Cc1nc2ccccc2n1CCC(N)C#N. The van der Waals surface area contributed by atoms with E-state index in [1.165, 1.54) is 0 Å². The Hall–Kier alpha value is -1.86. The molecule has 1 heterocycles. The third kappa shape index (κ3) is 1.90. The summed E-state index contributed by atoms with van der Waals surface area (Å²) in [7, 11) is 0. The zero-order chi connectivity index (χ0) is 11.5. The molecule has 0 saturated heterocycles. The molecule has 1 aromatic heterocycles. The molecule has 1 unspecified atom stereocenters. The lowest BCUT2D eigenvalue weighted by atomic mass is 10.2. The van der Waals surface area contributed by atoms with Crippen LogP contribution in [0.15, 0.2) is 24.3 Å². The molecule has 4 heteroatoms. The van der Waals surface area contributed by atoms with Crippen LogP contribution in [0.5, 0.6) is 0 Å². The fraction of sp³-hybridized carbons (Fsp3) is 0.333. The van der Waals surface area contributed by atoms with Gasteiger partial charge in [0.05, 0.1) is 23.1 Å². The van der Waals surface area contributed by atoms with Gasteiger partial charge in [0.1, 0.15) is 5.82 Å². The Balaban J connectivity index is 2.30. The lowest BCUT2D eigenvalue weighted by molar-refractivity contribution is 0.605. The highest BCUT2D eigenvalue weighted by molar-refractivity contribution is 5.75. The van der Waals surface area contributed by atoms with Crippen LogP contribution >= 0.6 is 0 Å². The molecule has 4 nitrogen and oxygen atoms in total. The maximum Gasteiger partial charge on any atom is 0.106 e. The van der Waals surface area contributed by atoms with Crippen LogP contribution in [0.3, 0.4) is 0 Å². The van der Waals surface area contributed by atoms with E-state index in [0.29, 0.717) is 6.42 Å². The van der Waals surface area contributed by atoms with Crippen molar-refractivity contribution in [2.24, 2.45) is 5.73 Å². The van der Waals surface area contributed by atoms with E-state index in [0.717, 1.165) is 23.4 Å². The Morgan fingerprint density at radius 1 is 1.50 bits per heavy atom. The number of aromatic nitrogens is 2. The molecule has 0 spiro atoms. The minimum atomic E-state index is -0.402. The van der Waals surface area contributed by atoms with Crippen molar-refractivity contribution >= 4 is 11.0 Å². The zero-order valence-corrected chi connectivity index (χ0v) is 9.22. The predicted octanol–water partition coefficient (Wildman–Crippen LogP) is 1.59. The maximum atomic E-state index is 8.65. The van der Waals surface area contributed by atoms with Crippen LogP contribution in [-0.2, 0) is 6.54 Å². The van der Waals surface area contributed by atoms with Crippen LogP contribution in [0.25, 0.3) is 11.0 Å². The summed E-state index contributed by atoms with van der Waals surface area (Å²) in [6.45, 7) is 2.71. The lowest BCUT2D eigenvalue weighted by Crippen LogP contribution is -2.19. The predicted molar refractivity (Wildman–Crippen MR) is 62.7 cm³/mol. The number of nitriles is 1. The number of fused-ring (bicyclic) bond motifs is 1. The average molecular weight is 214 g/mol. The summed E-state index contributed by atoms with van der Waals surface area (Å²) in [6.07, 6.45) is 0.650. The molecule has 2 N–H and O–H groups in total. The van der Waals surface area contributed by atoms with Gasteiger partial charge < -0.3 is 10.3 Å². The van der Waals surface area contributed by atoms with Crippen LogP contribution < -0.4 is 5.73 Å². The monoisotopic (exact) mass is 214 g/mol. The smallest absolute Gasteiger partial charge is 0.106 e. The van der Waals surface area contributed by atoms with E-state index in [4.69, 9.17) is 11.0 Å². The molecule has 0 fully saturated rings. The quantitative estimate of drug-likeness (QED) is 0.843. The van der Waals surface area contributed by atoms with Gasteiger partial charge in [-0.15, -0.1) is 0 Å². The van der Waals surface area contributed by atoms with Gasteiger partial charge in [0.2, 0.25) is 0 Å². The van der Waals surface area contributed by atoms with Gasteiger partial charge in [-0.25, -0.2) is 4.98 Å². The van der Waals surface area contributed by atoms with Gasteiger partial charge in [-0.2, -0.15) is 5.26 Å². The number of nitrogens with zero attached hydrogens (tertiary/aromatic N) is 3. The number of rotatable bonds is 3. The number of hydrogen-bond donors (Lipinski definition) is 1. The fourth-order valence-electron chi connectivity index (χ4n) is 1.81. The maximum absolute atomic E-state index is 8.65. The van der Waals surface area contributed by atoms with E-state index in [1.54, 1.807) is 0 Å². The van der Waals surface area contributed by atoms with Crippen LogP contribution in [0, 0.1) is 18.3 Å². The second-order valence-corrected chi connectivity index (χ2v) is 3.82. The minimum Gasteiger partial charge on any atom is -0.328 e. The summed E-state index contributed by atoms with van der Waals surface area (Å²) < 4.78 is 2.10. The van der Waals surface area contributed by atoms with Crippen molar-refractivity contribution in [3.8, 4) is 6.07 Å². The molecular weight excluding hydrogens is 200 g/mol. The van der Waals surface area contributed by atoms with Gasteiger partial charge in [0.25, 0.3) is 0 Å². The summed E-state index contributed by atoms with van der Waals surface area (Å²) in [5.74, 6) is 0.964. The second-order valence-electron chi connectivity index (χ2n) is 3.82. The highest BCUT2D eigenvalue weighted by Crippen LogP contribution is 2.15. The Morgan fingerprint density at radius 3 is 3.00 bits per heavy atom. The molecule has 0 bridgehead atoms. The van der Waals surface area contributed by atoms with E-state index < -0.39 is 6.04 Å². The van der Waals surface area contributed by atoms with E-state index >= 15 is 0 Å². The first-order valence-corrected chi connectivity index (χ1v) is 5.29. The largest absolute Gasteiger partial charge is 0.328 e. The molecule has 1 aromatic carbocycles. The number of para-hydroxylation sites is 2. The molecule has 0 amide bonds. The highest BCUT2D eigenvalue weighted by Gasteiger charge is 2.07. The second kappa shape index (κ2) is 4.33. The summed E-state index contributed by atoms with van der Waals surface area (Å²) >= 11 is 0. The third-order valence-electron chi connectivity index (χ3n) is 2.67. The standard InChI is InChI=1S/C12H14N4/c1-9-15-11-4-2-3-5-12(11)16(9)7-6-10(14)8-13/h2-5,10H,6-7,14H2,1H3. The first-order valence-electron chi connectivity index (χ1n) is 5.29. The lowest BCUT2D eigenvalue weighted by Gasteiger charge is -2.07. The molecule has 0 aliphatic rings. The molecule has 0 radical (unpaired) electrons. The van der Waals surface area contributed by atoms with Crippen molar-refractivity contribution in [3.05, 3.63) is 30.1 Å². The number of benzene rings is 1. The van der Waals surface area contributed by atoms with Crippen molar-refractivity contribution in [2.75, 3.05) is 0 Å². The molecule has 0 saturated carbocycles. The van der Waals surface area contributed by atoms with Crippen LogP contribution in [0.4, 0.5) is 0 Å². The molecular formula is C12H14N4. The van der Waals surface area contributed by atoms with Gasteiger partial charge in [-0.1, -0.05) is 12.1 Å². The molecule has 2 aromatic rings. The summed E-state index contributed by atoms with van der Waals surface area (Å²) in [5, 5.41) is 8.65. The van der Waals surface area contributed by atoms with Gasteiger partial charge in [-0.05, 0) is 25.5 Å².